The van der Waals surface area contributed by atoms with Gasteiger partial charge in [0.25, 0.3) is 5.91 Å². The zero-order valence-corrected chi connectivity index (χ0v) is 14.0. The van der Waals surface area contributed by atoms with Crippen LogP contribution in [0.5, 0.6) is 0 Å². The Morgan fingerprint density at radius 1 is 1.12 bits per heavy atom. The van der Waals surface area contributed by atoms with E-state index in [1.807, 2.05) is 31.2 Å². The van der Waals surface area contributed by atoms with Crippen LogP contribution >= 0.6 is 0 Å². The third kappa shape index (κ3) is 5.05. The van der Waals surface area contributed by atoms with Crippen LogP contribution in [0.15, 0.2) is 29.8 Å². The van der Waals surface area contributed by atoms with Crippen LogP contribution in [-0.2, 0) is 14.4 Å². The number of hydrogen-bond donors (Lipinski definition) is 1. The number of carbonyl (C=O) groups excluding carboxylic acids is 2. The Morgan fingerprint density at radius 3 is 2.46 bits per heavy atom. The van der Waals surface area contributed by atoms with Crippen LogP contribution in [0.2, 0.25) is 0 Å². The predicted octanol–water partition coefficient (Wildman–Crippen LogP) is 3.17. The molecule has 0 atom stereocenters. The molecule has 2 amide bonds. The summed E-state index contributed by atoms with van der Waals surface area (Å²) in [6.07, 6.45) is 5.09. The van der Waals surface area contributed by atoms with E-state index in [1.165, 1.54) is 4.90 Å². The number of benzene rings is 1. The summed E-state index contributed by atoms with van der Waals surface area (Å²) in [5.41, 5.74) is 2.61. The van der Waals surface area contributed by atoms with Crippen LogP contribution in [0, 0.1) is 6.92 Å². The molecule has 0 unspecified atom stereocenters. The van der Waals surface area contributed by atoms with Gasteiger partial charge in [-0.3, -0.25) is 19.3 Å². The first-order valence-electron chi connectivity index (χ1n) is 8.31. The number of unbranched alkanes of at least 4 members (excludes halogenated alkanes) is 3. The van der Waals surface area contributed by atoms with E-state index in [-0.39, 0.29) is 24.7 Å². The topological polar surface area (TPSA) is 74.7 Å². The van der Waals surface area contributed by atoms with Crippen molar-refractivity contribution in [2.45, 2.75) is 45.4 Å². The van der Waals surface area contributed by atoms with Crippen molar-refractivity contribution >= 4 is 23.9 Å². The number of hydrogen-bond acceptors (Lipinski definition) is 3. The summed E-state index contributed by atoms with van der Waals surface area (Å²) in [4.78, 5) is 36.1. The second-order valence-electron chi connectivity index (χ2n) is 6.17. The maximum absolute atomic E-state index is 12.4. The molecule has 24 heavy (non-hydrogen) atoms. The van der Waals surface area contributed by atoms with Crippen molar-refractivity contribution in [1.82, 2.24) is 4.90 Å². The molecule has 5 heteroatoms. The van der Waals surface area contributed by atoms with Crippen molar-refractivity contribution in [3.05, 3.63) is 41.0 Å². The quantitative estimate of drug-likeness (QED) is 0.451. The van der Waals surface area contributed by atoms with Gasteiger partial charge in [-0.05, 0) is 31.4 Å². The fourth-order valence-electron chi connectivity index (χ4n) is 2.72. The molecule has 128 valence electrons. The maximum atomic E-state index is 12.4. The zero-order chi connectivity index (χ0) is 17.5. The minimum atomic E-state index is -0.786. The van der Waals surface area contributed by atoms with Crippen LogP contribution in [0.25, 0.3) is 6.08 Å². The van der Waals surface area contributed by atoms with Crippen molar-refractivity contribution < 1.29 is 19.5 Å². The van der Waals surface area contributed by atoms with Gasteiger partial charge in [-0.2, -0.15) is 0 Å². The third-order valence-electron chi connectivity index (χ3n) is 4.10. The number of carboxylic acid groups (broad SMARTS) is 1. The fourth-order valence-corrected chi connectivity index (χ4v) is 2.72. The van der Waals surface area contributed by atoms with Crippen molar-refractivity contribution in [3.8, 4) is 0 Å². The summed E-state index contributed by atoms with van der Waals surface area (Å²) in [6.45, 7) is 2.41. The highest BCUT2D eigenvalue weighted by molar-refractivity contribution is 6.15. The SMILES string of the molecule is Cc1ccc(/C=C2\CC(=O)N(CCCCCCC(=O)O)C2=O)cc1. The molecule has 1 aromatic rings. The first-order chi connectivity index (χ1) is 11.5. The monoisotopic (exact) mass is 329 g/mol. The highest BCUT2D eigenvalue weighted by Gasteiger charge is 2.32. The molecular formula is C19H23NO4. The molecule has 0 radical (unpaired) electrons. The molecule has 1 N–H and O–H groups in total. The van der Waals surface area contributed by atoms with Gasteiger partial charge < -0.3 is 5.11 Å². The Hall–Kier alpha value is -2.43. The summed E-state index contributed by atoms with van der Waals surface area (Å²) in [6, 6.07) is 7.82. The number of carboxylic acids is 1. The largest absolute Gasteiger partial charge is 0.481 e. The number of rotatable bonds is 8. The molecule has 1 fully saturated rings. The summed E-state index contributed by atoms with van der Waals surface area (Å²) in [5, 5.41) is 8.57. The van der Waals surface area contributed by atoms with Gasteiger partial charge in [0.05, 0.1) is 6.42 Å². The molecule has 1 aromatic carbocycles. The second kappa shape index (κ2) is 8.43. The van der Waals surface area contributed by atoms with Crippen molar-refractivity contribution in [3.63, 3.8) is 0 Å². The lowest BCUT2D eigenvalue weighted by atomic mass is 10.1. The van der Waals surface area contributed by atoms with E-state index < -0.39 is 5.97 Å². The Kier molecular flexibility index (Phi) is 6.29. The molecule has 0 aliphatic carbocycles. The summed E-state index contributed by atoms with van der Waals surface area (Å²) in [5.74, 6) is -1.14. The fraction of sp³-hybridized carbons (Fsp3) is 0.421. The molecule has 1 heterocycles. The van der Waals surface area contributed by atoms with E-state index in [9.17, 15) is 14.4 Å². The van der Waals surface area contributed by atoms with E-state index in [2.05, 4.69) is 0 Å². The number of likely N-dealkylation sites (tertiary alicyclic amines) is 1. The first kappa shape index (κ1) is 17.9. The average molecular weight is 329 g/mol. The number of aryl methyl sites for hydroxylation is 1. The van der Waals surface area contributed by atoms with Crippen LogP contribution in [0.3, 0.4) is 0 Å². The van der Waals surface area contributed by atoms with Gasteiger partial charge in [-0.25, -0.2) is 0 Å². The van der Waals surface area contributed by atoms with Gasteiger partial charge in [-0.15, -0.1) is 0 Å². The van der Waals surface area contributed by atoms with Gasteiger partial charge in [0.1, 0.15) is 0 Å². The molecule has 1 aliphatic heterocycles. The second-order valence-corrected chi connectivity index (χ2v) is 6.17. The number of amides is 2. The van der Waals surface area contributed by atoms with Gasteiger partial charge >= 0.3 is 5.97 Å². The summed E-state index contributed by atoms with van der Waals surface area (Å²) < 4.78 is 0. The zero-order valence-electron chi connectivity index (χ0n) is 14.0. The van der Waals surface area contributed by atoms with Gasteiger partial charge in [0.2, 0.25) is 5.91 Å². The Balaban J connectivity index is 1.85. The van der Waals surface area contributed by atoms with Crippen LogP contribution in [0.4, 0.5) is 0 Å². The Bertz CT molecular complexity index is 646. The standard InChI is InChI=1S/C19H23NO4/c1-14-7-9-15(10-8-14)12-16-13-17(21)20(19(16)24)11-5-3-2-4-6-18(22)23/h7-10,12H,2-6,11,13H2,1H3,(H,22,23)/b16-12+. The van der Waals surface area contributed by atoms with E-state index in [4.69, 9.17) is 5.11 Å². The predicted molar refractivity (Wildman–Crippen MR) is 91.2 cm³/mol. The minimum absolute atomic E-state index is 0.149. The molecule has 2 rings (SSSR count). The lowest BCUT2D eigenvalue weighted by molar-refractivity contribution is -0.138. The first-order valence-corrected chi connectivity index (χ1v) is 8.31. The molecule has 0 saturated carbocycles. The van der Waals surface area contributed by atoms with Crippen LogP contribution < -0.4 is 0 Å². The molecule has 1 saturated heterocycles. The number of imide groups is 1. The highest BCUT2D eigenvalue weighted by Crippen LogP contribution is 2.22. The van der Waals surface area contributed by atoms with Crippen LogP contribution in [-0.4, -0.2) is 34.3 Å². The molecule has 1 aliphatic rings. The average Bonchev–Trinajstić information content (AvgIpc) is 2.79. The smallest absolute Gasteiger partial charge is 0.303 e. The highest BCUT2D eigenvalue weighted by atomic mass is 16.4. The number of carbonyl (C=O) groups is 3. The lowest BCUT2D eigenvalue weighted by Crippen LogP contribution is -2.30. The summed E-state index contributed by atoms with van der Waals surface area (Å²) >= 11 is 0. The van der Waals surface area contributed by atoms with Gasteiger partial charge in [0, 0.05) is 18.5 Å². The van der Waals surface area contributed by atoms with Crippen molar-refractivity contribution in [2.24, 2.45) is 0 Å². The number of aliphatic carboxylic acids is 1. The lowest BCUT2D eigenvalue weighted by Gasteiger charge is -2.12. The van der Waals surface area contributed by atoms with E-state index in [0.717, 1.165) is 30.4 Å². The molecule has 0 spiro atoms. The number of nitrogens with zero attached hydrogens (tertiary/aromatic N) is 1. The molecule has 5 nitrogen and oxygen atoms in total. The molecule has 0 aromatic heterocycles. The van der Waals surface area contributed by atoms with E-state index >= 15 is 0 Å². The van der Waals surface area contributed by atoms with E-state index in [0.29, 0.717) is 18.5 Å². The Morgan fingerprint density at radius 2 is 1.79 bits per heavy atom. The third-order valence-corrected chi connectivity index (χ3v) is 4.10. The van der Waals surface area contributed by atoms with Gasteiger partial charge in [-0.1, -0.05) is 42.7 Å². The molecular weight excluding hydrogens is 306 g/mol. The summed E-state index contributed by atoms with van der Waals surface area (Å²) in [7, 11) is 0. The van der Waals surface area contributed by atoms with Crippen LogP contribution in [0.1, 0.15) is 49.7 Å². The molecule has 0 bridgehead atoms. The van der Waals surface area contributed by atoms with Crippen molar-refractivity contribution in [2.75, 3.05) is 6.54 Å². The van der Waals surface area contributed by atoms with Gasteiger partial charge in [0.15, 0.2) is 0 Å². The minimum Gasteiger partial charge on any atom is -0.481 e. The van der Waals surface area contributed by atoms with E-state index in [1.54, 1.807) is 6.08 Å². The Labute approximate surface area is 142 Å². The maximum Gasteiger partial charge on any atom is 0.303 e. The normalized spacial score (nSPS) is 16.2. The van der Waals surface area contributed by atoms with Crippen molar-refractivity contribution in [1.29, 1.82) is 0 Å².